The SMILES string of the molecule is Nc1nc(CN2CCOC(c3ccc(Cl)c(Cl)c3)C2)nc2ccccc12. The molecule has 0 saturated carbocycles. The zero-order valence-corrected chi connectivity index (χ0v) is 15.5. The third kappa shape index (κ3) is 3.62. The molecule has 1 unspecified atom stereocenters. The van der Waals surface area contributed by atoms with Crippen molar-refractivity contribution in [3.8, 4) is 0 Å². The number of rotatable bonds is 3. The van der Waals surface area contributed by atoms with Gasteiger partial charge in [0.2, 0.25) is 0 Å². The first-order valence-electron chi connectivity index (χ1n) is 8.40. The van der Waals surface area contributed by atoms with Crippen LogP contribution >= 0.6 is 23.2 Å². The largest absolute Gasteiger partial charge is 0.383 e. The fourth-order valence-corrected chi connectivity index (χ4v) is 3.49. The van der Waals surface area contributed by atoms with Crippen molar-refractivity contribution in [2.24, 2.45) is 0 Å². The number of morpholine rings is 1. The third-order valence-corrected chi connectivity index (χ3v) is 5.25. The number of ether oxygens (including phenoxy) is 1. The highest BCUT2D eigenvalue weighted by Gasteiger charge is 2.23. The fourth-order valence-electron chi connectivity index (χ4n) is 3.18. The molecule has 0 radical (unpaired) electrons. The van der Waals surface area contributed by atoms with Gasteiger partial charge in [0, 0.05) is 18.5 Å². The molecule has 1 aromatic heterocycles. The zero-order chi connectivity index (χ0) is 18.1. The number of benzene rings is 2. The lowest BCUT2D eigenvalue weighted by Gasteiger charge is -2.32. The van der Waals surface area contributed by atoms with Gasteiger partial charge in [-0.3, -0.25) is 4.90 Å². The van der Waals surface area contributed by atoms with Gasteiger partial charge in [-0.25, -0.2) is 9.97 Å². The Morgan fingerprint density at radius 1 is 1.12 bits per heavy atom. The molecule has 0 spiro atoms. The van der Waals surface area contributed by atoms with Gasteiger partial charge < -0.3 is 10.5 Å². The van der Waals surface area contributed by atoms with Crippen LogP contribution in [-0.4, -0.2) is 34.6 Å². The summed E-state index contributed by atoms with van der Waals surface area (Å²) < 4.78 is 5.91. The number of nitrogens with zero attached hydrogens (tertiary/aromatic N) is 3. The first kappa shape index (κ1) is 17.5. The number of hydrogen-bond donors (Lipinski definition) is 1. The summed E-state index contributed by atoms with van der Waals surface area (Å²) in [6, 6.07) is 13.4. The van der Waals surface area contributed by atoms with Gasteiger partial charge in [-0.2, -0.15) is 0 Å². The molecule has 0 bridgehead atoms. The van der Waals surface area contributed by atoms with E-state index in [2.05, 4.69) is 14.9 Å². The molecule has 1 aliphatic heterocycles. The van der Waals surface area contributed by atoms with Crippen molar-refractivity contribution < 1.29 is 4.74 Å². The Hall–Kier alpha value is -1.92. The van der Waals surface area contributed by atoms with E-state index in [1.807, 2.05) is 36.4 Å². The van der Waals surface area contributed by atoms with E-state index in [1.54, 1.807) is 6.07 Å². The second-order valence-corrected chi connectivity index (χ2v) is 7.12. The number of nitrogens with two attached hydrogens (primary N) is 1. The average Bonchev–Trinajstić information content (AvgIpc) is 2.64. The van der Waals surface area contributed by atoms with Gasteiger partial charge in [0.25, 0.3) is 0 Å². The van der Waals surface area contributed by atoms with Crippen molar-refractivity contribution in [3.63, 3.8) is 0 Å². The van der Waals surface area contributed by atoms with E-state index >= 15 is 0 Å². The van der Waals surface area contributed by atoms with Crippen LogP contribution in [0.1, 0.15) is 17.5 Å². The number of aromatic nitrogens is 2. The summed E-state index contributed by atoms with van der Waals surface area (Å²) in [6.07, 6.45) is -0.0590. The molecule has 5 nitrogen and oxygen atoms in total. The second-order valence-electron chi connectivity index (χ2n) is 6.31. The maximum absolute atomic E-state index is 6.14. The van der Waals surface area contributed by atoms with Crippen LogP contribution in [0.3, 0.4) is 0 Å². The monoisotopic (exact) mass is 388 g/mol. The smallest absolute Gasteiger partial charge is 0.145 e. The van der Waals surface area contributed by atoms with Crippen molar-refractivity contribution >= 4 is 39.9 Å². The molecule has 3 aromatic rings. The van der Waals surface area contributed by atoms with Crippen molar-refractivity contribution in [2.45, 2.75) is 12.6 Å². The normalized spacial score (nSPS) is 18.3. The number of anilines is 1. The Morgan fingerprint density at radius 2 is 1.96 bits per heavy atom. The fraction of sp³-hybridized carbons (Fsp3) is 0.263. The first-order chi connectivity index (χ1) is 12.6. The van der Waals surface area contributed by atoms with Crippen LogP contribution in [0.2, 0.25) is 10.0 Å². The van der Waals surface area contributed by atoms with Gasteiger partial charge >= 0.3 is 0 Å². The van der Waals surface area contributed by atoms with Crippen LogP contribution < -0.4 is 5.73 Å². The summed E-state index contributed by atoms with van der Waals surface area (Å²) in [6.45, 7) is 2.80. The van der Waals surface area contributed by atoms with E-state index in [4.69, 9.17) is 33.7 Å². The van der Waals surface area contributed by atoms with Gasteiger partial charge in [-0.15, -0.1) is 0 Å². The lowest BCUT2D eigenvalue weighted by atomic mass is 10.1. The number of halogens is 2. The van der Waals surface area contributed by atoms with E-state index in [1.165, 1.54) is 0 Å². The number of para-hydroxylation sites is 1. The first-order valence-corrected chi connectivity index (χ1v) is 9.16. The van der Waals surface area contributed by atoms with Crippen LogP contribution in [0.4, 0.5) is 5.82 Å². The lowest BCUT2D eigenvalue weighted by molar-refractivity contribution is -0.0336. The third-order valence-electron chi connectivity index (χ3n) is 4.51. The minimum absolute atomic E-state index is 0.0590. The standard InChI is InChI=1S/C19H18Cl2N4O/c20-14-6-5-12(9-15(14)21)17-10-25(7-8-26-17)11-18-23-16-4-2-1-3-13(16)19(22)24-18/h1-6,9,17H,7-8,10-11H2,(H2,22,23,24). The molecule has 134 valence electrons. The minimum Gasteiger partial charge on any atom is -0.383 e. The molecular formula is C19H18Cl2N4O. The maximum Gasteiger partial charge on any atom is 0.145 e. The topological polar surface area (TPSA) is 64.3 Å². The zero-order valence-electron chi connectivity index (χ0n) is 14.0. The molecule has 4 rings (SSSR count). The molecule has 1 aliphatic rings. The number of fused-ring (bicyclic) bond motifs is 1. The van der Waals surface area contributed by atoms with Crippen LogP contribution in [0, 0.1) is 0 Å². The predicted octanol–water partition coefficient (Wildman–Crippen LogP) is 4.09. The Labute approximate surface area is 161 Å². The number of nitrogen functional groups attached to an aromatic ring is 1. The van der Waals surface area contributed by atoms with Gasteiger partial charge in [0.05, 0.1) is 34.8 Å². The van der Waals surface area contributed by atoms with Crippen LogP contribution in [0.15, 0.2) is 42.5 Å². The predicted molar refractivity (Wildman–Crippen MR) is 104 cm³/mol. The summed E-state index contributed by atoms with van der Waals surface area (Å²) in [7, 11) is 0. The molecular weight excluding hydrogens is 371 g/mol. The van der Waals surface area contributed by atoms with Crippen molar-refractivity contribution in [3.05, 3.63) is 63.9 Å². The van der Waals surface area contributed by atoms with E-state index < -0.39 is 0 Å². The summed E-state index contributed by atoms with van der Waals surface area (Å²) in [5.74, 6) is 1.23. The van der Waals surface area contributed by atoms with E-state index in [0.29, 0.717) is 29.0 Å². The molecule has 1 atom stereocenters. The van der Waals surface area contributed by atoms with Gasteiger partial charge in [-0.05, 0) is 29.8 Å². The van der Waals surface area contributed by atoms with Gasteiger partial charge in [0.1, 0.15) is 11.6 Å². The molecule has 2 aromatic carbocycles. The van der Waals surface area contributed by atoms with Crippen LogP contribution in [-0.2, 0) is 11.3 Å². The summed E-state index contributed by atoms with van der Waals surface area (Å²) >= 11 is 12.1. The van der Waals surface area contributed by atoms with E-state index in [0.717, 1.165) is 35.4 Å². The molecule has 0 aliphatic carbocycles. The maximum atomic E-state index is 6.14. The Balaban J connectivity index is 1.52. The van der Waals surface area contributed by atoms with E-state index in [-0.39, 0.29) is 6.10 Å². The van der Waals surface area contributed by atoms with Crippen LogP contribution in [0.5, 0.6) is 0 Å². The average molecular weight is 389 g/mol. The Morgan fingerprint density at radius 3 is 2.81 bits per heavy atom. The quantitative estimate of drug-likeness (QED) is 0.731. The highest BCUT2D eigenvalue weighted by atomic mass is 35.5. The molecule has 1 saturated heterocycles. The van der Waals surface area contributed by atoms with Gasteiger partial charge in [0.15, 0.2) is 0 Å². The Kier molecular flexibility index (Phi) is 4.96. The molecule has 2 N–H and O–H groups in total. The molecule has 1 fully saturated rings. The summed E-state index contributed by atoms with van der Waals surface area (Å²) in [4.78, 5) is 11.4. The molecule has 7 heteroatoms. The van der Waals surface area contributed by atoms with Crippen LogP contribution in [0.25, 0.3) is 10.9 Å². The lowest BCUT2D eigenvalue weighted by Crippen LogP contribution is -2.38. The molecule has 26 heavy (non-hydrogen) atoms. The number of hydrogen-bond acceptors (Lipinski definition) is 5. The van der Waals surface area contributed by atoms with Crippen molar-refractivity contribution in [1.29, 1.82) is 0 Å². The van der Waals surface area contributed by atoms with Crippen molar-refractivity contribution in [2.75, 3.05) is 25.4 Å². The minimum atomic E-state index is -0.0590. The highest BCUT2D eigenvalue weighted by molar-refractivity contribution is 6.42. The summed E-state index contributed by atoms with van der Waals surface area (Å²) in [5, 5.41) is 1.96. The summed E-state index contributed by atoms with van der Waals surface area (Å²) in [5.41, 5.74) is 7.97. The highest BCUT2D eigenvalue weighted by Crippen LogP contribution is 2.29. The molecule has 2 heterocycles. The van der Waals surface area contributed by atoms with E-state index in [9.17, 15) is 0 Å². The van der Waals surface area contributed by atoms with Gasteiger partial charge in [-0.1, -0.05) is 41.4 Å². The van der Waals surface area contributed by atoms with Crippen molar-refractivity contribution in [1.82, 2.24) is 14.9 Å². The second kappa shape index (κ2) is 7.37. The Bertz CT molecular complexity index is 950. The molecule has 0 amide bonds.